The number of rotatable bonds is 8. The maximum Gasteiger partial charge on any atom is 0.416 e. The first kappa shape index (κ1) is 27.5. The predicted molar refractivity (Wildman–Crippen MR) is 117 cm³/mol. The van der Waals surface area contributed by atoms with Gasteiger partial charge in [0.05, 0.1) is 30.0 Å². The molecule has 0 radical (unpaired) electrons. The topological polar surface area (TPSA) is 70.0 Å². The van der Waals surface area contributed by atoms with Crippen molar-refractivity contribution in [3.8, 4) is 5.75 Å². The number of halogens is 6. The number of hydrogen-bond acceptors (Lipinski definition) is 4. The lowest BCUT2D eigenvalue weighted by molar-refractivity contribution is -0.142. The molecule has 1 heterocycles. The molecule has 1 aliphatic rings. The molecule has 0 saturated carbocycles. The zero-order valence-corrected chi connectivity index (χ0v) is 19.9. The van der Waals surface area contributed by atoms with Crippen LogP contribution in [0.1, 0.15) is 41.3 Å². The number of likely N-dealkylation sites (tertiary alicyclic amines) is 1. The Labute approximate surface area is 198 Å². The number of nitrogens with zero attached hydrogens (tertiary/aromatic N) is 1. The van der Waals surface area contributed by atoms with Crippen molar-refractivity contribution in [1.29, 1.82) is 0 Å². The molecule has 194 valence electrons. The van der Waals surface area contributed by atoms with Crippen LogP contribution in [0.4, 0.5) is 26.3 Å². The Balaban J connectivity index is 1.62. The molecule has 0 spiro atoms. The normalized spacial score (nSPS) is 19.0. The molecule has 1 fully saturated rings. The van der Waals surface area contributed by atoms with E-state index in [9.17, 15) is 40.9 Å². The molecule has 2 aromatic carbocycles. The molecule has 0 bridgehead atoms. The van der Waals surface area contributed by atoms with Crippen LogP contribution in [-0.4, -0.2) is 47.4 Å². The molecule has 35 heavy (non-hydrogen) atoms. The van der Waals surface area contributed by atoms with E-state index < -0.39 is 48.6 Å². The van der Waals surface area contributed by atoms with Crippen molar-refractivity contribution in [2.45, 2.75) is 31.4 Å². The van der Waals surface area contributed by atoms with Crippen molar-refractivity contribution in [3.05, 3.63) is 64.7 Å². The highest BCUT2D eigenvalue weighted by molar-refractivity contribution is 7.57. The smallest absolute Gasteiger partial charge is 0.416 e. The third-order valence-corrected chi connectivity index (χ3v) is 6.93. The van der Waals surface area contributed by atoms with Crippen LogP contribution in [0.2, 0.25) is 0 Å². The summed E-state index contributed by atoms with van der Waals surface area (Å²) < 4.78 is 96.7. The Bertz CT molecular complexity index is 1080. The van der Waals surface area contributed by atoms with E-state index in [0.717, 1.165) is 6.66 Å². The molecule has 0 aliphatic carbocycles. The maximum atomic E-state index is 13.4. The minimum atomic E-state index is -4.78. The van der Waals surface area contributed by atoms with Crippen molar-refractivity contribution < 1.29 is 45.6 Å². The van der Waals surface area contributed by atoms with Crippen LogP contribution in [0.15, 0.2) is 42.5 Å². The SMILES string of the molecule is CC(c1cc(C(F)(F)F)ccc1C(F)(F)F)N1CC(COc2cccc([C@H](O)CP(C)(=O)O)c2)C1. The lowest BCUT2D eigenvalue weighted by atomic mass is 9.92. The highest BCUT2D eigenvalue weighted by Crippen LogP contribution is 2.42. The summed E-state index contributed by atoms with van der Waals surface area (Å²) in [6, 6.07) is 6.99. The van der Waals surface area contributed by atoms with E-state index in [1.165, 1.54) is 13.0 Å². The molecule has 2 aromatic rings. The number of ether oxygens (including phenoxy) is 1. The largest absolute Gasteiger partial charge is 0.493 e. The molecule has 1 saturated heterocycles. The van der Waals surface area contributed by atoms with Gasteiger partial charge in [0.25, 0.3) is 0 Å². The third kappa shape index (κ3) is 7.22. The van der Waals surface area contributed by atoms with Gasteiger partial charge in [0, 0.05) is 31.7 Å². The molecular weight excluding hydrogens is 499 g/mol. The van der Waals surface area contributed by atoms with E-state index in [1.54, 1.807) is 23.1 Å². The summed E-state index contributed by atoms with van der Waals surface area (Å²) in [7, 11) is -3.43. The minimum absolute atomic E-state index is 0.0560. The van der Waals surface area contributed by atoms with Gasteiger partial charge in [-0.05, 0) is 48.4 Å². The Morgan fingerprint density at radius 2 is 1.74 bits per heavy atom. The number of alkyl halides is 6. The van der Waals surface area contributed by atoms with Gasteiger partial charge in [-0.15, -0.1) is 0 Å². The van der Waals surface area contributed by atoms with Gasteiger partial charge < -0.3 is 14.7 Å². The lowest BCUT2D eigenvalue weighted by Crippen LogP contribution is -2.50. The first-order chi connectivity index (χ1) is 16.0. The molecule has 3 atom stereocenters. The molecule has 0 amide bonds. The van der Waals surface area contributed by atoms with Crippen molar-refractivity contribution in [2.24, 2.45) is 5.92 Å². The van der Waals surface area contributed by atoms with E-state index >= 15 is 0 Å². The number of aliphatic hydroxyl groups is 1. The van der Waals surface area contributed by atoms with Crippen molar-refractivity contribution in [3.63, 3.8) is 0 Å². The second-order valence-electron chi connectivity index (χ2n) is 8.93. The summed E-state index contributed by atoms with van der Waals surface area (Å²) in [6.45, 7) is 3.47. The van der Waals surface area contributed by atoms with Crippen LogP contribution in [-0.2, 0) is 16.9 Å². The molecule has 3 rings (SSSR count). The summed E-state index contributed by atoms with van der Waals surface area (Å²) >= 11 is 0. The summed E-state index contributed by atoms with van der Waals surface area (Å²) in [5.41, 5.74) is -2.24. The average Bonchev–Trinajstić information content (AvgIpc) is 2.69. The average molecular weight is 525 g/mol. The van der Waals surface area contributed by atoms with Crippen molar-refractivity contribution in [2.75, 3.05) is 32.5 Å². The van der Waals surface area contributed by atoms with Gasteiger partial charge in [-0.1, -0.05) is 12.1 Å². The van der Waals surface area contributed by atoms with Crippen LogP contribution in [0.5, 0.6) is 5.75 Å². The maximum absolute atomic E-state index is 13.4. The number of hydrogen-bond donors (Lipinski definition) is 2. The van der Waals surface area contributed by atoms with Gasteiger partial charge in [0.2, 0.25) is 7.37 Å². The van der Waals surface area contributed by atoms with E-state index in [0.29, 0.717) is 42.6 Å². The molecule has 12 heteroatoms. The van der Waals surface area contributed by atoms with Gasteiger partial charge in [-0.2, -0.15) is 26.3 Å². The quantitative estimate of drug-likeness (QED) is 0.341. The van der Waals surface area contributed by atoms with E-state index in [2.05, 4.69) is 0 Å². The second kappa shape index (κ2) is 10.1. The molecule has 2 N–H and O–H groups in total. The van der Waals surface area contributed by atoms with Gasteiger partial charge in [-0.3, -0.25) is 9.46 Å². The summed E-state index contributed by atoms with van der Waals surface area (Å²) in [6.07, 6.45) is -11.0. The monoisotopic (exact) mass is 525 g/mol. The fourth-order valence-electron chi connectivity index (χ4n) is 4.02. The Kier molecular flexibility index (Phi) is 7.96. The number of benzene rings is 2. The highest BCUT2D eigenvalue weighted by Gasteiger charge is 2.40. The third-order valence-electron chi connectivity index (χ3n) is 5.91. The zero-order chi connectivity index (χ0) is 26.2. The molecular formula is C23H26F6NO4P. The fourth-order valence-corrected chi connectivity index (χ4v) is 4.88. The predicted octanol–water partition coefficient (Wildman–Crippen LogP) is 5.73. The van der Waals surface area contributed by atoms with E-state index in [-0.39, 0.29) is 18.7 Å². The zero-order valence-electron chi connectivity index (χ0n) is 19.0. The van der Waals surface area contributed by atoms with Crippen LogP contribution >= 0.6 is 7.37 Å². The Morgan fingerprint density at radius 1 is 1.09 bits per heavy atom. The van der Waals surface area contributed by atoms with Gasteiger partial charge in [0.1, 0.15) is 5.75 Å². The summed E-state index contributed by atoms with van der Waals surface area (Å²) in [4.78, 5) is 11.1. The van der Waals surface area contributed by atoms with Crippen LogP contribution in [0.25, 0.3) is 0 Å². The molecule has 1 aliphatic heterocycles. The minimum Gasteiger partial charge on any atom is -0.493 e. The Hall–Kier alpha value is -2.07. The first-order valence-electron chi connectivity index (χ1n) is 10.8. The van der Waals surface area contributed by atoms with Gasteiger partial charge in [-0.25, -0.2) is 0 Å². The van der Waals surface area contributed by atoms with Crippen LogP contribution < -0.4 is 4.74 Å². The lowest BCUT2D eigenvalue weighted by Gasteiger charge is -2.43. The fraction of sp³-hybridized carbons (Fsp3) is 0.478. The molecule has 5 nitrogen and oxygen atoms in total. The van der Waals surface area contributed by atoms with Crippen molar-refractivity contribution in [1.82, 2.24) is 4.90 Å². The Morgan fingerprint density at radius 3 is 2.31 bits per heavy atom. The van der Waals surface area contributed by atoms with Gasteiger partial charge >= 0.3 is 12.4 Å². The van der Waals surface area contributed by atoms with Crippen LogP contribution in [0.3, 0.4) is 0 Å². The van der Waals surface area contributed by atoms with E-state index in [1.807, 2.05) is 0 Å². The highest BCUT2D eigenvalue weighted by atomic mass is 31.2. The first-order valence-corrected chi connectivity index (χ1v) is 13.1. The standard InChI is InChI=1S/C23H26F6NO4P/c1-14(19-9-17(22(24,25)26)6-7-20(19)23(27,28)29)30-10-15(11-30)12-34-18-5-3-4-16(8-18)21(31)13-35(2,32)33/h3-9,14-15,21,31H,10-13H2,1-2H3,(H,32,33)/t14?,21-/m1/s1. The molecule has 0 aromatic heterocycles. The van der Waals surface area contributed by atoms with Crippen LogP contribution in [0, 0.1) is 5.92 Å². The summed E-state index contributed by atoms with van der Waals surface area (Å²) in [5.74, 6) is 0.355. The van der Waals surface area contributed by atoms with E-state index in [4.69, 9.17) is 4.74 Å². The summed E-state index contributed by atoms with van der Waals surface area (Å²) in [5, 5.41) is 10.1. The second-order valence-corrected chi connectivity index (χ2v) is 11.4. The van der Waals surface area contributed by atoms with Gasteiger partial charge in [0.15, 0.2) is 0 Å². The van der Waals surface area contributed by atoms with Crippen molar-refractivity contribution >= 4 is 7.37 Å². The number of aliphatic hydroxyl groups excluding tert-OH is 1. The molecule has 2 unspecified atom stereocenters.